The zero-order chi connectivity index (χ0) is 12.3. The third-order valence-electron chi connectivity index (χ3n) is 2.41. The van der Waals surface area contributed by atoms with Crippen LogP contribution in [-0.4, -0.2) is 7.11 Å². The van der Waals surface area contributed by atoms with E-state index in [9.17, 15) is 0 Å². The Bertz CT molecular complexity index is 508. The molecule has 88 valence electrons. The fourth-order valence-corrected chi connectivity index (χ4v) is 1.78. The largest absolute Gasteiger partial charge is 0.495 e. The highest BCUT2D eigenvalue weighted by Gasteiger charge is 2.07. The Morgan fingerprint density at radius 3 is 2.59 bits per heavy atom. The van der Waals surface area contributed by atoms with Crippen LogP contribution in [0, 0.1) is 0 Å². The number of rotatable bonds is 3. The van der Waals surface area contributed by atoms with Crippen LogP contribution in [0.25, 0.3) is 0 Å². The van der Waals surface area contributed by atoms with Crippen LogP contribution < -0.4 is 15.8 Å². The molecule has 2 aromatic carbocycles. The van der Waals surface area contributed by atoms with E-state index in [0.29, 0.717) is 16.4 Å². The predicted molar refractivity (Wildman–Crippen MR) is 72.1 cm³/mol. The summed E-state index contributed by atoms with van der Waals surface area (Å²) in [5.41, 5.74) is 8.00. The topological polar surface area (TPSA) is 47.3 Å². The minimum absolute atomic E-state index is 0.580. The second-order valence-corrected chi connectivity index (χ2v) is 3.94. The SMILES string of the molecule is COc1ccccc1Nc1c(N)cccc1Cl. The summed E-state index contributed by atoms with van der Waals surface area (Å²) < 4.78 is 5.25. The molecule has 0 aliphatic heterocycles. The Balaban J connectivity index is 2.38. The highest BCUT2D eigenvalue weighted by atomic mass is 35.5. The van der Waals surface area contributed by atoms with Gasteiger partial charge < -0.3 is 15.8 Å². The fraction of sp³-hybridized carbons (Fsp3) is 0.0769. The van der Waals surface area contributed by atoms with E-state index in [1.807, 2.05) is 30.3 Å². The lowest BCUT2D eigenvalue weighted by molar-refractivity contribution is 0.417. The molecule has 2 rings (SSSR count). The molecule has 0 aromatic heterocycles. The summed E-state index contributed by atoms with van der Waals surface area (Å²) in [4.78, 5) is 0. The monoisotopic (exact) mass is 248 g/mol. The van der Waals surface area contributed by atoms with Gasteiger partial charge in [-0.2, -0.15) is 0 Å². The number of nitrogen functional groups attached to an aromatic ring is 1. The van der Waals surface area contributed by atoms with Gasteiger partial charge in [0.25, 0.3) is 0 Å². The fourth-order valence-electron chi connectivity index (χ4n) is 1.56. The van der Waals surface area contributed by atoms with Crippen molar-refractivity contribution in [3.05, 3.63) is 47.5 Å². The van der Waals surface area contributed by atoms with Gasteiger partial charge in [0.1, 0.15) is 5.75 Å². The van der Waals surface area contributed by atoms with Crippen molar-refractivity contribution >= 4 is 28.7 Å². The smallest absolute Gasteiger partial charge is 0.142 e. The van der Waals surface area contributed by atoms with Crippen molar-refractivity contribution in [2.24, 2.45) is 0 Å². The highest BCUT2D eigenvalue weighted by Crippen LogP contribution is 2.34. The molecule has 4 heteroatoms. The predicted octanol–water partition coefficient (Wildman–Crippen LogP) is 3.67. The molecule has 0 aliphatic carbocycles. The molecule has 17 heavy (non-hydrogen) atoms. The molecule has 3 nitrogen and oxygen atoms in total. The first-order valence-corrected chi connectivity index (χ1v) is 5.54. The van der Waals surface area contributed by atoms with Crippen LogP contribution in [0.4, 0.5) is 17.1 Å². The van der Waals surface area contributed by atoms with Gasteiger partial charge >= 0.3 is 0 Å². The summed E-state index contributed by atoms with van der Waals surface area (Å²) >= 11 is 6.09. The quantitative estimate of drug-likeness (QED) is 0.815. The van der Waals surface area contributed by atoms with E-state index in [-0.39, 0.29) is 0 Å². The Labute approximate surface area is 105 Å². The molecule has 0 saturated carbocycles. The zero-order valence-electron chi connectivity index (χ0n) is 9.41. The van der Waals surface area contributed by atoms with Gasteiger partial charge in [0.15, 0.2) is 0 Å². The summed E-state index contributed by atoms with van der Waals surface area (Å²) in [5.74, 6) is 0.742. The van der Waals surface area contributed by atoms with Gasteiger partial charge in [-0.1, -0.05) is 29.8 Å². The van der Waals surface area contributed by atoms with E-state index in [2.05, 4.69) is 5.32 Å². The van der Waals surface area contributed by atoms with Crippen molar-refractivity contribution in [3.63, 3.8) is 0 Å². The number of hydrogen-bond donors (Lipinski definition) is 2. The first-order chi connectivity index (χ1) is 8.22. The number of hydrogen-bond acceptors (Lipinski definition) is 3. The van der Waals surface area contributed by atoms with E-state index in [4.69, 9.17) is 22.1 Å². The Morgan fingerprint density at radius 1 is 1.12 bits per heavy atom. The van der Waals surface area contributed by atoms with E-state index in [1.165, 1.54) is 0 Å². The van der Waals surface area contributed by atoms with Gasteiger partial charge in [0, 0.05) is 0 Å². The van der Waals surface area contributed by atoms with Crippen LogP contribution in [0.3, 0.4) is 0 Å². The molecular weight excluding hydrogens is 236 g/mol. The molecule has 0 spiro atoms. The number of ether oxygens (including phenoxy) is 1. The number of halogens is 1. The zero-order valence-corrected chi connectivity index (χ0v) is 10.2. The first-order valence-electron chi connectivity index (χ1n) is 5.16. The minimum Gasteiger partial charge on any atom is -0.495 e. The first kappa shape index (κ1) is 11.6. The molecule has 0 unspecified atom stereocenters. The summed E-state index contributed by atoms with van der Waals surface area (Å²) in [6.45, 7) is 0. The lowest BCUT2D eigenvalue weighted by atomic mass is 10.2. The van der Waals surface area contributed by atoms with Crippen molar-refractivity contribution in [2.75, 3.05) is 18.2 Å². The maximum Gasteiger partial charge on any atom is 0.142 e. The summed E-state index contributed by atoms with van der Waals surface area (Å²) in [5, 5.41) is 3.76. The van der Waals surface area contributed by atoms with Crippen LogP contribution in [-0.2, 0) is 0 Å². The van der Waals surface area contributed by atoms with Gasteiger partial charge in [0.05, 0.1) is 29.2 Å². The summed E-state index contributed by atoms with van der Waals surface area (Å²) in [7, 11) is 1.62. The maximum absolute atomic E-state index is 6.09. The maximum atomic E-state index is 6.09. The van der Waals surface area contributed by atoms with Gasteiger partial charge in [-0.05, 0) is 24.3 Å². The van der Waals surface area contributed by atoms with Crippen LogP contribution in [0.1, 0.15) is 0 Å². The van der Waals surface area contributed by atoms with Crippen LogP contribution >= 0.6 is 11.6 Å². The average Bonchev–Trinajstić information content (AvgIpc) is 2.34. The van der Waals surface area contributed by atoms with Crippen molar-refractivity contribution in [3.8, 4) is 5.75 Å². The van der Waals surface area contributed by atoms with Gasteiger partial charge in [-0.3, -0.25) is 0 Å². The number of benzene rings is 2. The molecule has 0 bridgehead atoms. The van der Waals surface area contributed by atoms with Crippen molar-refractivity contribution in [1.82, 2.24) is 0 Å². The molecule has 2 aromatic rings. The van der Waals surface area contributed by atoms with E-state index >= 15 is 0 Å². The third kappa shape index (κ3) is 2.45. The average molecular weight is 249 g/mol. The second kappa shape index (κ2) is 4.97. The summed E-state index contributed by atoms with van der Waals surface area (Å²) in [6, 6.07) is 13.0. The molecule has 0 heterocycles. The molecule has 0 saturated heterocycles. The highest BCUT2D eigenvalue weighted by molar-refractivity contribution is 6.34. The number of nitrogens with one attached hydrogen (secondary N) is 1. The van der Waals surface area contributed by atoms with Crippen molar-refractivity contribution in [1.29, 1.82) is 0 Å². The molecule has 0 radical (unpaired) electrons. The van der Waals surface area contributed by atoms with E-state index in [0.717, 1.165) is 11.4 Å². The molecule has 0 atom stereocenters. The number of para-hydroxylation sites is 3. The van der Waals surface area contributed by atoms with E-state index in [1.54, 1.807) is 19.2 Å². The Kier molecular flexibility index (Phi) is 3.40. The number of anilines is 3. The van der Waals surface area contributed by atoms with Crippen LogP contribution in [0.5, 0.6) is 5.75 Å². The third-order valence-corrected chi connectivity index (χ3v) is 2.73. The lowest BCUT2D eigenvalue weighted by Crippen LogP contribution is -1.98. The van der Waals surface area contributed by atoms with Crippen LogP contribution in [0.2, 0.25) is 5.02 Å². The van der Waals surface area contributed by atoms with Crippen molar-refractivity contribution in [2.45, 2.75) is 0 Å². The minimum atomic E-state index is 0.580. The van der Waals surface area contributed by atoms with Gasteiger partial charge in [-0.25, -0.2) is 0 Å². The molecule has 0 amide bonds. The van der Waals surface area contributed by atoms with Crippen LogP contribution in [0.15, 0.2) is 42.5 Å². The number of methoxy groups -OCH3 is 1. The second-order valence-electron chi connectivity index (χ2n) is 3.53. The normalized spacial score (nSPS) is 10.0. The summed E-state index contributed by atoms with van der Waals surface area (Å²) in [6.07, 6.45) is 0. The van der Waals surface area contributed by atoms with Gasteiger partial charge in [-0.15, -0.1) is 0 Å². The Morgan fingerprint density at radius 2 is 1.88 bits per heavy atom. The standard InChI is InChI=1S/C13H13ClN2O/c1-17-12-8-3-2-7-11(12)16-13-9(14)5-4-6-10(13)15/h2-8,16H,15H2,1H3. The lowest BCUT2D eigenvalue weighted by Gasteiger charge is -2.13. The van der Waals surface area contributed by atoms with Gasteiger partial charge in [0.2, 0.25) is 0 Å². The molecule has 0 fully saturated rings. The molecular formula is C13H13ClN2O. The van der Waals surface area contributed by atoms with Crippen molar-refractivity contribution < 1.29 is 4.74 Å². The molecule has 0 aliphatic rings. The number of nitrogens with two attached hydrogens (primary N) is 1. The Hall–Kier alpha value is -1.87. The molecule has 3 N–H and O–H groups in total. The van der Waals surface area contributed by atoms with E-state index < -0.39 is 0 Å².